The van der Waals surface area contributed by atoms with Gasteiger partial charge >= 0.3 is 6.03 Å². The summed E-state index contributed by atoms with van der Waals surface area (Å²) >= 11 is 1.41. The van der Waals surface area contributed by atoms with Crippen LogP contribution in [0.5, 0.6) is 0 Å². The van der Waals surface area contributed by atoms with Gasteiger partial charge < -0.3 is 5.32 Å². The highest BCUT2D eigenvalue weighted by Gasteiger charge is 2.11. The van der Waals surface area contributed by atoms with Crippen molar-refractivity contribution in [2.45, 2.75) is 6.54 Å². The molecule has 3 nitrogen and oxygen atoms in total. The number of nitrogens with zero attached hydrogens (tertiary/aromatic N) is 1. The molecule has 0 heterocycles. The van der Waals surface area contributed by atoms with Gasteiger partial charge in [0.1, 0.15) is 0 Å². The third-order valence-electron chi connectivity index (χ3n) is 2.01. The van der Waals surface area contributed by atoms with Gasteiger partial charge in [-0.15, -0.1) is 6.58 Å². The van der Waals surface area contributed by atoms with Gasteiger partial charge in [0.25, 0.3) is 0 Å². The first-order valence-corrected chi connectivity index (χ1v) is 6.20. The summed E-state index contributed by atoms with van der Waals surface area (Å²) < 4.78 is 1.68. The van der Waals surface area contributed by atoms with Crippen molar-refractivity contribution in [3.8, 4) is 0 Å². The zero-order valence-corrected chi connectivity index (χ0v) is 10.2. The number of carbonyl (C=O) groups excluding carboxylic acids is 1. The summed E-state index contributed by atoms with van der Waals surface area (Å²) in [5.41, 5.74) is 1.12. The van der Waals surface area contributed by atoms with Crippen LogP contribution >= 0.6 is 11.9 Å². The predicted octanol–water partition coefficient (Wildman–Crippen LogP) is 2.66. The average Bonchev–Trinajstić information content (AvgIpc) is 2.34. The van der Waals surface area contributed by atoms with Crippen molar-refractivity contribution in [1.29, 1.82) is 0 Å². The first-order valence-electron chi connectivity index (χ1n) is 5.02. The maximum Gasteiger partial charge on any atom is 0.327 e. The maximum absolute atomic E-state index is 11.7. The van der Waals surface area contributed by atoms with E-state index in [0.29, 0.717) is 13.1 Å². The lowest BCUT2D eigenvalue weighted by atomic mass is 10.2. The topological polar surface area (TPSA) is 32.3 Å². The molecule has 0 fully saturated rings. The Hall–Kier alpha value is -1.42. The van der Waals surface area contributed by atoms with Gasteiger partial charge in [0, 0.05) is 12.8 Å². The van der Waals surface area contributed by atoms with Crippen LogP contribution in [0.4, 0.5) is 4.79 Å². The second-order valence-corrected chi connectivity index (χ2v) is 3.99. The van der Waals surface area contributed by atoms with E-state index in [4.69, 9.17) is 0 Å². The van der Waals surface area contributed by atoms with Crippen molar-refractivity contribution < 1.29 is 4.79 Å². The Morgan fingerprint density at radius 2 is 2.19 bits per heavy atom. The van der Waals surface area contributed by atoms with E-state index in [1.807, 2.05) is 36.6 Å². The Labute approximate surface area is 101 Å². The fourth-order valence-electron chi connectivity index (χ4n) is 1.22. The zero-order valence-electron chi connectivity index (χ0n) is 9.35. The molecule has 0 radical (unpaired) electrons. The molecule has 0 saturated heterocycles. The molecular weight excluding hydrogens is 220 g/mol. The minimum absolute atomic E-state index is 0.0868. The highest BCUT2D eigenvalue weighted by molar-refractivity contribution is 7.96. The van der Waals surface area contributed by atoms with E-state index in [0.717, 1.165) is 5.56 Å². The summed E-state index contributed by atoms with van der Waals surface area (Å²) in [7, 11) is 0. The van der Waals surface area contributed by atoms with Gasteiger partial charge in [-0.2, -0.15) is 0 Å². The number of carbonyl (C=O) groups is 1. The highest BCUT2D eigenvalue weighted by atomic mass is 32.2. The monoisotopic (exact) mass is 236 g/mol. The van der Waals surface area contributed by atoms with Crippen LogP contribution in [0.3, 0.4) is 0 Å². The van der Waals surface area contributed by atoms with Crippen LogP contribution in [0, 0.1) is 0 Å². The summed E-state index contributed by atoms with van der Waals surface area (Å²) in [6, 6.07) is 9.82. The largest absolute Gasteiger partial charge is 0.334 e. The van der Waals surface area contributed by atoms with Gasteiger partial charge in [-0.1, -0.05) is 36.4 Å². The first-order chi connectivity index (χ1) is 7.77. The second-order valence-electron chi connectivity index (χ2n) is 3.18. The second kappa shape index (κ2) is 6.95. The van der Waals surface area contributed by atoms with Crippen LogP contribution in [0.1, 0.15) is 5.56 Å². The number of nitrogens with one attached hydrogen (secondary N) is 1. The Bertz CT molecular complexity index is 340. The molecule has 0 saturated carbocycles. The molecule has 0 unspecified atom stereocenters. The average molecular weight is 236 g/mol. The molecule has 0 bridgehead atoms. The summed E-state index contributed by atoms with van der Waals surface area (Å²) in [5, 5.41) is 2.75. The quantitative estimate of drug-likeness (QED) is 0.629. The van der Waals surface area contributed by atoms with Crippen molar-refractivity contribution in [2.75, 3.05) is 12.8 Å². The molecule has 16 heavy (non-hydrogen) atoms. The Morgan fingerprint density at radius 3 is 2.75 bits per heavy atom. The fourth-order valence-corrected chi connectivity index (χ4v) is 1.72. The normalized spacial score (nSPS) is 9.56. The lowest BCUT2D eigenvalue weighted by Crippen LogP contribution is -2.35. The number of hydrogen-bond acceptors (Lipinski definition) is 2. The van der Waals surface area contributed by atoms with Gasteiger partial charge in [-0.25, -0.2) is 4.79 Å². The molecule has 0 aliphatic heterocycles. The Kier molecular flexibility index (Phi) is 5.50. The molecule has 1 N–H and O–H groups in total. The van der Waals surface area contributed by atoms with E-state index >= 15 is 0 Å². The molecule has 1 aromatic carbocycles. The van der Waals surface area contributed by atoms with Gasteiger partial charge in [0.15, 0.2) is 0 Å². The minimum Gasteiger partial charge on any atom is -0.334 e. The van der Waals surface area contributed by atoms with Crippen LogP contribution in [-0.2, 0) is 6.54 Å². The summed E-state index contributed by atoms with van der Waals surface area (Å²) in [6.45, 7) is 4.65. The Morgan fingerprint density at radius 1 is 1.50 bits per heavy atom. The molecule has 0 spiro atoms. The minimum atomic E-state index is -0.0868. The lowest BCUT2D eigenvalue weighted by Gasteiger charge is -2.19. The van der Waals surface area contributed by atoms with Gasteiger partial charge in [-0.05, 0) is 17.5 Å². The van der Waals surface area contributed by atoms with E-state index in [-0.39, 0.29) is 6.03 Å². The maximum atomic E-state index is 11.7. The van der Waals surface area contributed by atoms with Crippen molar-refractivity contribution >= 4 is 18.0 Å². The molecule has 0 aromatic heterocycles. The van der Waals surface area contributed by atoms with Crippen LogP contribution < -0.4 is 5.32 Å². The molecule has 1 aromatic rings. The van der Waals surface area contributed by atoms with Crippen LogP contribution in [0.25, 0.3) is 0 Å². The van der Waals surface area contributed by atoms with E-state index in [1.165, 1.54) is 11.9 Å². The SMILES string of the molecule is C=CCNC(=O)N(Cc1ccccc1)SC. The van der Waals surface area contributed by atoms with Gasteiger partial charge in [-0.3, -0.25) is 4.31 Å². The smallest absolute Gasteiger partial charge is 0.327 e. The molecular formula is C12H16N2OS. The molecule has 0 aliphatic carbocycles. The number of rotatable bonds is 5. The molecule has 0 atom stereocenters. The Balaban J connectivity index is 2.55. The van der Waals surface area contributed by atoms with Crippen molar-refractivity contribution in [3.05, 3.63) is 48.6 Å². The van der Waals surface area contributed by atoms with Gasteiger partial charge in [0.2, 0.25) is 0 Å². The molecule has 2 amide bonds. The highest BCUT2D eigenvalue weighted by Crippen LogP contribution is 2.12. The molecule has 4 heteroatoms. The van der Waals surface area contributed by atoms with E-state index in [1.54, 1.807) is 10.4 Å². The number of hydrogen-bond donors (Lipinski definition) is 1. The molecule has 1 rings (SSSR count). The predicted molar refractivity (Wildman–Crippen MR) is 69.1 cm³/mol. The standard InChI is InChI=1S/C12H16N2OS/c1-3-9-13-12(15)14(16-2)10-11-7-5-4-6-8-11/h3-8H,1,9-10H2,2H3,(H,13,15). The third-order valence-corrected chi connectivity index (χ3v) is 2.75. The summed E-state index contributed by atoms with van der Waals surface area (Å²) in [4.78, 5) is 11.7. The van der Waals surface area contributed by atoms with Crippen molar-refractivity contribution in [2.24, 2.45) is 0 Å². The third kappa shape index (κ3) is 3.98. The van der Waals surface area contributed by atoms with E-state index in [2.05, 4.69) is 11.9 Å². The van der Waals surface area contributed by atoms with Crippen LogP contribution in [0.15, 0.2) is 43.0 Å². The van der Waals surface area contributed by atoms with Gasteiger partial charge in [0.05, 0.1) is 6.54 Å². The summed E-state index contributed by atoms with van der Waals surface area (Å²) in [5.74, 6) is 0. The number of amides is 2. The van der Waals surface area contributed by atoms with E-state index < -0.39 is 0 Å². The number of benzene rings is 1. The van der Waals surface area contributed by atoms with Crippen molar-refractivity contribution in [1.82, 2.24) is 9.62 Å². The number of urea groups is 1. The summed E-state index contributed by atoms with van der Waals surface area (Å²) in [6.07, 6.45) is 3.55. The fraction of sp³-hybridized carbons (Fsp3) is 0.250. The lowest BCUT2D eigenvalue weighted by molar-refractivity contribution is 0.226. The zero-order chi connectivity index (χ0) is 11.8. The van der Waals surface area contributed by atoms with Crippen LogP contribution in [-0.4, -0.2) is 23.1 Å². The molecule has 0 aliphatic rings. The first kappa shape index (κ1) is 12.6. The van der Waals surface area contributed by atoms with Crippen LogP contribution in [0.2, 0.25) is 0 Å². The van der Waals surface area contributed by atoms with Crippen molar-refractivity contribution in [3.63, 3.8) is 0 Å². The molecule has 86 valence electrons. The van der Waals surface area contributed by atoms with E-state index in [9.17, 15) is 4.79 Å².